The summed E-state index contributed by atoms with van der Waals surface area (Å²) in [4.78, 5) is 16.0. The first kappa shape index (κ1) is 13.4. The molecule has 0 aromatic carbocycles. The Morgan fingerprint density at radius 2 is 2.07 bits per heavy atom. The molecule has 0 saturated carbocycles. The number of hydrogen-bond donors (Lipinski definition) is 0. The molecule has 0 saturated heterocycles. The van der Waals surface area contributed by atoms with Crippen molar-refractivity contribution < 1.29 is 9.63 Å². The van der Waals surface area contributed by atoms with E-state index in [9.17, 15) is 4.79 Å². The van der Waals surface area contributed by atoms with Crippen LogP contribution in [-0.2, 0) is 9.63 Å². The lowest BCUT2D eigenvalue weighted by Gasteiger charge is -2.18. The highest BCUT2D eigenvalue weighted by atomic mass is 16.7. The first-order chi connectivity index (χ1) is 6.74. The van der Waals surface area contributed by atoms with Crippen LogP contribution in [0.1, 0.15) is 46.5 Å². The van der Waals surface area contributed by atoms with Gasteiger partial charge in [0.1, 0.15) is 0 Å². The zero-order valence-electron chi connectivity index (χ0n) is 9.66. The Hall–Kier alpha value is -0.570. The zero-order chi connectivity index (χ0) is 10.8. The fourth-order valence-electron chi connectivity index (χ4n) is 1.01. The van der Waals surface area contributed by atoms with Crippen LogP contribution in [0.3, 0.4) is 0 Å². The lowest BCUT2D eigenvalue weighted by Crippen LogP contribution is -2.25. The van der Waals surface area contributed by atoms with Crippen LogP contribution in [0.2, 0.25) is 0 Å². The van der Waals surface area contributed by atoms with Crippen molar-refractivity contribution in [1.29, 1.82) is 0 Å². The minimum absolute atomic E-state index is 0.517. The second-order valence-corrected chi connectivity index (χ2v) is 3.76. The molecule has 0 N–H and O–H groups in total. The van der Waals surface area contributed by atoms with Crippen LogP contribution in [0.15, 0.2) is 0 Å². The van der Waals surface area contributed by atoms with E-state index in [0.717, 1.165) is 32.1 Å². The maximum atomic E-state index is 10.6. The molecule has 0 aliphatic carbocycles. The molecular weight excluding hydrogens is 178 g/mol. The molecule has 0 heterocycles. The molecule has 0 aliphatic rings. The summed E-state index contributed by atoms with van der Waals surface area (Å²) < 4.78 is 0. The van der Waals surface area contributed by atoms with Crippen molar-refractivity contribution in [3.8, 4) is 0 Å². The van der Waals surface area contributed by atoms with E-state index in [0.29, 0.717) is 19.1 Å². The van der Waals surface area contributed by atoms with Crippen LogP contribution in [0.25, 0.3) is 0 Å². The van der Waals surface area contributed by atoms with Crippen molar-refractivity contribution in [2.24, 2.45) is 5.92 Å². The van der Waals surface area contributed by atoms with E-state index in [4.69, 9.17) is 4.84 Å². The van der Waals surface area contributed by atoms with E-state index >= 15 is 0 Å². The highest BCUT2D eigenvalue weighted by Gasteiger charge is 2.04. The molecule has 84 valence electrons. The van der Waals surface area contributed by atoms with E-state index < -0.39 is 0 Å². The zero-order valence-corrected chi connectivity index (χ0v) is 9.66. The lowest BCUT2D eigenvalue weighted by atomic mass is 10.1. The van der Waals surface area contributed by atoms with Gasteiger partial charge < -0.3 is 0 Å². The van der Waals surface area contributed by atoms with Gasteiger partial charge in [-0.05, 0) is 12.3 Å². The Kier molecular flexibility index (Phi) is 8.64. The van der Waals surface area contributed by atoms with Crippen LogP contribution in [0.5, 0.6) is 0 Å². The van der Waals surface area contributed by atoms with Gasteiger partial charge in [0.2, 0.25) is 6.41 Å². The van der Waals surface area contributed by atoms with Gasteiger partial charge in [-0.15, -0.1) is 0 Å². The van der Waals surface area contributed by atoms with Gasteiger partial charge >= 0.3 is 0 Å². The van der Waals surface area contributed by atoms with Gasteiger partial charge in [0.25, 0.3) is 0 Å². The standard InChI is InChI=1S/C11H23NO2/c1-4-6-7-8-12(10-13)14-9-11(3)5-2/h10-11H,4-9H2,1-3H3. The van der Waals surface area contributed by atoms with Crippen molar-refractivity contribution >= 4 is 6.41 Å². The van der Waals surface area contributed by atoms with Gasteiger partial charge in [-0.2, -0.15) is 0 Å². The van der Waals surface area contributed by atoms with Crippen LogP contribution in [0, 0.1) is 5.92 Å². The molecule has 1 amide bonds. The number of rotatable bonds is 9. The van der Waals surface area contributed by atoms with E-state index in [1.807, 2.05) is 0 Å². The van der Waals surface area contributed by atoms with E-state index in [2.05, 4.69) is 20.8 Å². The number of hydrogen-bond acceptors (Lipinski definition) is 2. The molecular formula is C11H23NO2. The van der Waals surface area contributed by atoms with Crippen molar-refractivity contribution in [2.45, 2.75) is 46.5 Å². The Morgan fingerprint density at radius 1 is 1.36 bits per heavy atom. The number of carbonyl (C=O) groups is 1. The molecule has 14 heavy (non-hydrogen) atoms. The Bertz CT molecular complexity index is 139. The normalized spacial score (nSPS) is 12.5. The summed E-state index contributed by atoms with van der Waals surface area (Å²) in [5, 5.41) is 1.42. The number of carbonyl (C=O) groups excluding carboxylic acids is 1. The van der Waals surface area contributed by atoms with Crippen LogP contribution in [0.4, 0.5) is 0 Å². The van der Waals surface area contributed by atoms with Gasteiger partial charge in [0.15, 0.2) is 0 Å². The third-order valence-electron chi connectivity index (χ3n) is 2.32. The lowest BCUT2D eigenvalue weighted by molar-refractivity contribution is -0.177. The summed E-state index contributed by atoms with van der Waals surface area (Å²) in [6.07, 6.45) is 5.20. The summed E-state index contributed by atoms with van der Waals surface area (Å²) in [5.41, 5.74) is 0. The topological polar surface area (TPSA) is 29.5 Å². The predicted molar refractivity (Wildman–Crippen MR) is 57.7 cm³/mol. The molecule has 0 fully saturated rings. The molecule has 0 aliphatic heterocycles. The Morgan fingerprint density at radius 3 is 2.57 bits per heavy atom. The molecule has 0 spiro atoms. The highest BCUT2D eigenvalue weighted by Crippen LogP contribution is 2.03. The molecule has 1 unspecified atom stereocenters. The van der Waals surface area contributed by atoms with Crippen LogP contribution < -0.4 is 0 Å². The molecule has 0 aromatic rings. The SMILES string of the molecule is CCCCCN(C=O)OCC(C)CC. The minimum Gasteiger partial charge on any atom is -0.276 e. The first-order valence-electron chi connectivity index (χ1n) is 5.59. The van der Waals surface area contributed by atoms with Crippen molar-refractivity contribution in [3.05, 3.63) is 0 Å². The Balaban J connectivity index is 3.52. The van der Waals surface area contributed by atoms with Gasteiger partial charge in [0, 0.05) is 6.54 Å². The maximum Gasteiger partial charge on any atom is 0.233 e. The summed E-state index contributed by atoms with van der Waals surface area (Å²) in [7, 11) is 0. The molecule has 3 heteroatoms. The molecule has 0 bridgehead atoms. The fraction of sp³-hybridized carbons (Fsp3) is 0.909. The average Bonchev–Trinajstić information content (AvgIpc) is 2.22. The van der Waals surface area contributed by atoms with E-state index in [-0.39, 0.29) is 0 Å². The third-order valence-corrected chi connectivity index (χ3v) is 2.32. The summed E-state index contributed by atoms with van der Waals surface area (Å²) in [6.45, 7) is 7.74. The maximum absolute atomic E-state index is 10.6. The van der Waals surface area contributed by atoms with E-state index in [1.54, 1.807) is 0 Å². The monoisotopic (exact) mass is 201 g/mol. The first-order valence-corrected chi connectivity index (χ1v) is 5.59. The van der Waals surface area contributed by atoms with E-state index in [1.165, 1.54) is 5.06 Å². The smallest absolute Gasteiger partial charge is 0.233 e. The highest BCUT2D eigenvalue weighted by molar-refractivity contribution is 5.44. The molecule has 1 atom stereocenters. The van der Waals surface area contributed by atoms with Crippen LogP contribution in [-0.4, -0.2) is 24.6 Å². The van der Waals surface area contributed by atoms with Gasteiger partial charge in [0.05, 0.1) is 6.61 Å². The van der Waals surface area contributed by atoms with Crippen LogP contribution >= 0.6 is 0 Å². The number of unbranched alkanes of at least 4 members (excludes halogenated alkanes) is 2. The van der Waals surface area contributed by atoms with Crippen molar-refractivity contribution in [2.75, 3.05) is 13.2 Å². The van der Waals surface area contributed by atoms with Gasteiger partial charge in [-0.3, -0.25) is 9.63 Å². The summed E-state index contributed by atoms with van der Waals surface area (Å²) in [6, 6.07) is 0. The average molecular weight is 201 g/mol. The van der Waals surface area contributed by atoms with Crippen molar-refractivity contribution in [1.82, 2.24) is 5.06 Å². The molecule has 0 rings (SSSR count). The van der Waals surface area contributed by atoms with Crippen molar-refractivity contribution in [3.63, 3.8) is 0 Å². The minimum atomic E-state index is 0.517. The quantitative estimate of drug-likeness (QED) is 0.326. The molecule has 0 radical (unpaired) electrons. The number of amides is 1. The third kappa shape index (κ3) is 6.89. The predicted octanol–water partition coefficient (Wildman–Crippen LogP) is 2.61. The Labute approximate surface area is 87.4 Å². The number of hydroxylamine groups is 2. The number of nitrogens with zero attached hydrogens (tertiary/aromatic N) is 1. The summed E-state index contributed by atoms with van der Waals surface area (Å²) in [5.74, 6) is 0.517. The largest absolute Gasteiger partial charge is 0.276 e. The molecule has 0 aromatic heterocycles. The van der Waals surface area contributed by atoms with Gasteiger partial charge in [-0.25, -0.2) is 5.06 Å². The summed E-state index contributed by atoms with van der Waals surface area (Å²) >= 11 is 0. The van der Waals surface area contributed by atoms with Gasteiger partial charge in [-0.1, -0.05) is 40.0 Å². The second-order valence-electron chi connectivity index (χ2n) is 3.76. The second kappa shape index (κ2) is 9.00. The molecule has 3 nitrogen and oxygen atoms in total. The fourth-order valence-corrected chi connectivity index (χ4v) is 1.01.